The maximum absolute atomic E-state index is 7.33. The summed E-state index contributed by atoms with van der Waals surface area (Å²) in [5, 5.41) is 3.55. The van der Waals surface area contributed by atoms with E-state index in [1.165, 1.54) is 128 Å². The van der Waals surface area contributed by atoms with Crippen molar-refractivity contribution in [1.29, 1.82) is 0 Å². The van der Waals surface area contributed by atoms with Crippen molar-refractivity contribution in [2.75, 3.05) is 9.71 Å². The summed E-state index contributed by atoms with van der Waals surface area (Å²) < 4.78 is 9.95. The first-order chi connectivity index (χ1) is 35.2. The first-order valence-corrected chi connectivity index (χ1v) is 27.8. The fourth-order valence-electron chi connectivity index (χ4n) is 13.7. The predicted molar refractivity (Wildman–Crippen MR) is 319 cm³/mol. The van der Waals surface area contributed by atoms with Gasteiger partial charge in [-0.05, 0) is 133 Å². The van der Waals surface area contributed by atoms with Gasteiger partial charge in [-0.25, -0.2) is 0 Å². The molecule has 3 nitrogen and oxygen atoms in total. The van der Waals surface area contributed by atoms with Crippen LogP contribution in [0.4, 0.5) is 28.4 Å². The van der Waals surface area contributed by atoms with E-state index in [1.807, 2.05) is 11.3 Å². The third kappa shape index (κ3) is 6.32. The lowest BCUT2D eigenvalue weighted by molar-refractivity contribution is 0.331. The highest BCUT2D eigenvalue weighted by molar-refractivity contribution is 7.32. The fraction of sp³-hybridized carbons (Fsp3) is 0.275. The fourth-order valence-corrected chi connectivity index (χ4v) is 15.0. The summed E-state index contributed by atoms with van der Waals surface area (Å²) in [5.74, 6) is 0. The van der Waals surface area contributed by atoms with E-state index in [-0.39, 0.29) is 33.9 Å². The van der Waals surface area contributed by atoms with E-state index in [4.69, 9.17) is 4.42 Å². The molecule has 4 heterocycles. The normalized spacial score (nSPS) is 16.8. The van der Waals surface area contributed by atoms with Gasteiger partial charge < -0.3 is 14.1 Å². The molecule has 0 saturated carbocycles. The minimum absolute atomic E-state index is 0.00211. The number of benzene rings is 8. The van der Waals surface area contributed by atoms with Gasteiger partial charge in [-0.15, -0.1) is 11.3 Å². The Morgan fingerprint density at radius 1 is 0.514 bits per heavy atom. The molecular weight excluding hydrogens is 916 g/mol. The zero-order valence-corrected chi connectivity index (χ0v) is 46.0. The molecule has 0 amide bonds. The summed E-state index contributed by atoms with van der Waals surface area (Å²) >= 11 is 1.96. The maximum atomic E-state index is 7.33. The third-order valence-electron chi connectivity index (χ3n) is 18.0. The van der Waals surface area contributed by atoms with Crippen LogP contribution in [-0.4, -0.2) is 6.85 Å². The lowest BCUT2D eigenvalue weighted by atomic mass is 9.46. The molecule has 2 aliphatic heterocycles. The van der Waals surface area contributed by atoms with Crippen LogP contribution in [-0.2, 0) is 27.1 Å². The quantitative estimate of drug-likeness (QED) is 0.165. The van der Waals surface area contributed by atoms with Gasteiger partial charge in [0.15, 0.2) is 0 Å². The molecule has 8 aromatic carbocycles. The molecule has 2 aromatic heterocycles. The second-order valence-corrected chi connectivity index (χ2v) is 27.0. The molecule has 2 aliphatic carbocycles. The van der Waals surface area contributed by atoms with Crippen molar-refractivity contribution in [3.05, 3.63) is 185 Å². The number of nitrogens with zero attached hydrogens (tertiary/aromatic N) is 2. The van der Waals surface area contributed by atoms with Gasteiger partial charge in [0.1, 0.15) is 11.2 Å². The molecule has 0 spiro atoms. The third-order valence-corrected chi connectivity index (χ3v) is 19.2. The average molecular weight is 981 g/mol. The zero-order valence-electron chi connectivity index (χ0n) is 45.1. The van der Waals surface area contributed by atoms with Crippen LogP contribution in [0.5, 0.6) is 0 Å². The van der Waals surface area contributed by atoms with Crippen LogP contribution in [0.25, 0.3) is 65.4 Å². The van der Waals surface area contributed by atoms with Crippen LogP contribution in [0.1, 0.15) is 129 Å². The molecule has 0 N–H and O–H groups in total. The monoisotopic (exact) mass is 980 g/mol. The van der Waals surface area contributed by atoms with Gasteiger partial charge in [-0.3, -0.25) is 0 Å². The lowest BCUT2D eigenvalue weighted by Gasteiger charge is -2.46. The van der Waals surface area contributed by atoms with Crippen molar-refractivity contribution in [3.8, 4) is 33.4 Å². The van der Waals surface area contributed by atoms with Crippen molar-refractivity contribution < 1.29 is 4.42 Å². The number of rotatable bonds is 3. The largest absolute Gasteiger partial charge is 0.455 e. The van der Waals surface area contributed by atoms with Crippen molar-refractivity contribution in [2.24, 2.45) is 0 Å². The van der Waals surface area contributed by atoms with Crippen LogP contribution in [0.3, 0.4) is 0 Å². The Morgan fingerprint density at radius 3 is 1.88 bits per heavy atom. The van der Waals surface area contributed by atoms with Crippen molar-refractivity contribution in [2.45, 2.75) is 123 Å². The summed E-state index contributed by atoms with van der Waals surface area (Å²) in [7, 11) is 0. The van der Waals surface area contributed by atoms with Crippen LogP contribution in [0, 0.1) is 0 Å². The van der Waals surface area contributed by atoms with Crippen LogP contribution in [0.15, 0.2) is 156 Å². The van der Waals surface area contributed by atoms with Crippen LogP contribution in [0.2, 0.25) is 0 Å². The molecule has 10 aromatic rings. The molecule has 0 fully saturated rings. The number of anilines is 5. The van der Waals surface area contributed by atoms with E-state index in [1.54, 1.807) is 0 Å². The Bertz CT molecular complexity index is 4020. The zero-order chi connectivity index (χ0) is 51.2. The summed E-state index contributed by atoms with van der Waals surface area (Å²) in [6.07, 6.45) is 2.35. The van der Waals surface area contributed by atoms with Gasteiger partial charge >= 0.3 is 6.85 Å². The van der Waals surface area contributed by atoms with E-state index < -0.39 is 0 Å². The maximum Gasteiger partial charge on any atom is 0.343 e. The summed E-state index contributed by atoms with van der Waals surface area (Å²) in [5.41, 5.74) is 25.2. The molecule has 0 radical (unpaired) electrons. The number of para-hydroxylation sites is 1. The van der Waals surface area contributed by atoms with Gasteiger partial charge in [-0.1, -0.05) is 186 Å². The van der Waals surface area contributed by atoms with E-state index in [0.29, 0.717) is 0 Å². The van der Waals surface area contributed by atoms with Gasteiger partial charge in [0, 0.05) is 70.4 Å². The van der Waals surface area contributed by atoms with Gasteiger partial charge in [-0.2, -0.15) is 0 Å². The Kier molecular flexibility index (Phi) is 9.38. The van der Waals surface area contributed by atoms with E-state index in [0.717, 1.165) is 21.9 Å². The molecule has 4 aliphatic rings. The summed E-state index contributed by atoms with van der Waals surface area (Å²) in [6, 6.07) is 58.5. The molecule has 14 rings (SSSR count). The minimum atomic E-state index is -0.232. The highest BCUT2D eigenvalue weighted by Gasteiger charge is 2.52. The first-order valence-electron chi connectivity index (χ1n) is 27.0. The Morgan fingerprint density at radius 2 is 1.16 bits per heavy atom. The number of thiophene rings is 1. The molecule has 0 unspecified atom stereocenters. The lowest BCUT2D eigenvalue weighted by Crippen LogP contribution is -2.60. The topological polar surface area (TPSA) is 19.6 Å². The van der Waals surface area contributed by atoms with Crippen molar-refractivity contribution >= 4 is 88.9 Å². The summed E-state index contributed by atoms with van der Waals surface area (Å²) in [6.45, 7) is 28.6. The number of hydrogen-bond acceptors (Lipinski definition) is 4. The molecule has 0 atom stereocenters. The number of fused-ring (bicyclic) bond motifs is 15. The van der Waals surface area contributed by atoms with Crippen molar-refractivity contribution in [3.63, 3.8) is 0 Å². The highest BCUT2D eigenvalue weighted by atomic mass is 32.1. The van der Waals surface area contributed by atoms with E-state index >= 15 is 0 Å². The molecule has 0 bridgehead atoms. The van der Waals surface area contributed by atoms with Crippen molar-refractivity contribution in [1.82, 2.24) is 0 Å². The van der Waals surface area contributed by atoms with Crippen LogP contribution < -0.4 is 20.0 Å². The Labute approximate surface area is 442 Å². The molecule has 0 saturated heterocycles. The SMILES string of the molecule is CC(C)(C)c1ccc(N2B3c4sc5ccccc5c4N(c4ccc(C(C)(C)C)cc4-c4ccccc4)c4cc5c(oc6ccccc65)c(c43)-c3ccc4c(c32)-c2cc3c(cc2C4(C)C)C(C)(C)CCC3(C)C)cc1. The Balaban J connectivity index is 1.17. The molecule has 74 heavy (non-hydrogen) atoms. The minimum Gasteiger partial charge on any atom is -0.455 e. The second-order valence-electron chi connectivity index (χ2n) is 25.9. The molecular formula is C69H65BN2OS. The average Bonchev–Trinajstić information content (AvgIpc) is 4.08. The summed E-state index contributed by atoms with van der Waals surface area (Å²) in [4.78, 5) is 5.44. The number of furan rings is 1. The van der Waals surface area contributed by atoms with E-state index in [2.05, 4.69) is 244 Å². The van der Waals surface area contributed by atoms with Crippen LogP contribution >= 0.6 is 11.3 Å². The second kappa shape index (κ2) is 15.2. The smallest absolute Gasteiger partial charge is 0.343 e. The van der Waals surface area contributed by atoms with Gasteiger partial charge in [0.2, 0.25) is 0 Å². The predicted octanol–water partition coefficient (Wildman–Crippen LogP) is 18.4. The Hall–Kier alpha value is -6.82. The first kappa shape index (κ1) is 45.8. The highest BCUT2D eigenvalue weighted by Crippen LogP contribution is 2.62. The van der Waals surface area contributed by atoms with Gasteiger partial charge in [0.05, 0.1) is 11.4 Å². The molecule has 5 heteroatoms. The number of hydrogen-bond donors (Lipinski definition) is 0. The molecule has 366 valence electrons. The van der Waals surface area contributed by atoms with Gasteiger partial charge in [0.25, 0.3) is 0 Å². The standard InChI is InChI=1S/C69H65BN2OS/c1-65(2,3)41-26-29-43(30-27-41)72-61-46(31-32-50-58(61)49-37-52-53(39-51(49)69(50,11)12)68(9,10)35-34-67(52,7)8)59-60-55(38-48-44-22-16-18-24-56(44)73-63(48)59)71(62-45-23-17-19-25-57(45)74-64(62)70(60)72)54-33-28-42(66(4,5)6)36-47(54)40-20-14-13-15-21-40/h13-33,36-39H,34-35H2,1-12H3. The van der Waals surface area contributed by atoms with E-state index in [9.17, 15) is 0 Å².